The topological polar surface area (TPSA) is 30.5 Å². The Bertz CT molecular complexity index is 323. The number of nitrogens with one attached hydrogen (secondary N) is 2. The summed E-state index contributed by atoms with van der Waals surface area (Å²) >= 11 is 0. The summed E-state index contributed by atoms with van der Waals surface area (Å²) in [6.45, 7) is 2.47. The molecule has 2 saturated carbocycles. The van der Waals surface area contributed by atoms with E-state index in [0.29, 0.717) is 11.1 Å². The summed E-state index contributed by atoms with van der Waals surface area (Å²) in [6.07, 6.45) is 11.1. The first-order valence-corrected chi connectivity index (χ1v) is 9.33. The molecule has 0 spiro atoms. The minimum Gasteiger partial charge on any atom is -0.312 e. The van der Waals surface area contributed by atoms with Crippen LogP contribution in [0.3, 0.4) is 0 Å². The molecule has 2 heterocycles. The fraction of sp³-hybridized carbons (Fsp3) is 1.00. The third-order valence-corrected chi connectivity index (χ3v) is 6.72. The van der Waals surface area contributed by atoms with Gasteiger partial charge in [0.2, 0.25) is 0 Å². The smallest absolute Gasteiger partial charge is 0.0357 e. The number of hydrogen-bond acceptors (Lipinski definition) is 4. The van der Waals surface area contributed by atoms with E-state index in [1.165, 1.54) is 64.5 Å². The van der Waals surface area contributed by atoms with E-state index in [2.05, 4.69) is 48.6 Å². The zero-order valence-corrected chi connectivity index (χ0v) is 15.1. The van der Waals surface area contributed by atoms with E-state index in [0.717, 1.165) is 12.1 Å². The van der Waals surface area contributed by atoms with Crippen LogP contribution < -0.4 is 10.6 Å². The first kappa shape index (κ1) is 16.7. The van der Waals surface area contributed by atoms with Crippen molar-refractivity contribution >= 4 is 0 Å². The average molecular weight is 309 g/mol. The maximum Gasteiger partial charge on any atom is 0.0357 e. The van der Waals surface area contributed by atoms with Gasteiger partial charge in [-0.1, -0.05) is 0 Å². The number of likely N-dealkylation sites (N-methyl/N-ethyl adjacent to an activating group) is 2. The third-order valence-electron chi connectivity index (χ3n) is 6.72. The highest BCUT2D eigenvalue weighted by Crippen LogP contribution is 2.46. The van der Waals surface area contributed by atoms with Crippen molar-refractivity contribution in [3.8, 4) is 0 Å². The predicted molar refractivity (Wildman–Crippen MR) is 93.4 cm³/mol. The highest BCUT2D eigenvalue weighted by Gasteiger charge is 2.52. The summed E-state index contributed by atoms with van der Waals surface area (Å²) in [5.41, 5.74) is 1.10. The average Bonchev–Trinajstić information content (AvgIpc) is 3.36. The van der Waals surface area contributed by atoms with Gasteiger partial charge in [-0.05, 0) is 92.6 Å². The quantitative estimate of drug-likeness (QED) is 0.827. The second kappa shape index (κ2) is 6.39. The van der Waals surface area contributed by atoms with Crippen molar-refractivity contribution in [2.24, 2.45) is 0 Å². The van der Waals surface area contributed by atoms with Crippen molar-refractivity contribution < 1.29 is 0 Å². The summed E-state index contributed by atoms with van der Waals surface area (Å²) < 4.78 is 0. The summed E-state index contributed by atoms with van der Waals surface area (Å²) in [6, 6.07) is 1.58. The van der Waals surface area contributed by atoms with E-state index in [9.17, 15) is 0 Å². The van der Waals surface area contributed by atoms with Crippen LogP contribution in [-0.4, -0.2) is 74.2 Å². The molecule has 4 rings (SSSR count). The fourth-order valence-corrected chi connectivity index (χ4v) is 4.76. The van der Waals surface area contributed by atoms with Crippen LogP contribution >= 0.6 is 0 Å². The maximum atomic E-state index is 3.60. The van der Waals surface area contributed by atoms with E-state index in [1.807, 2.05) is 0 Å². The van der Waals surface area contributed by atoms with Gasteiger partial charge >= 0.3 is 0 Å². The van der Waals surface area contributed by atoms with Crippen LogP contribution in [0.1, 0.15) is 51.4 Å². The molecule has 0 unspecified atom stereocenters. The van der Waals surface area contributed by atoms with Crippen LogP contribution in [0.2, 0.25) is 0 Å². The standard InChI is InChI=1S/2C9H18N2/c2*1-11(2)9(5-6-9)8-4-3-7-10-8/h2*8,10H,3-7H2,1-2H3/t2*8-/m00/s1. The lowest BCUT2D eigenvalue weighted by Crippen LogP contribution is -2.46. The normalized spacial score (nSPS) is 34.6. The molecule has 0 aromatic rings. The lowest BCUT2D eigenvalue weighted by Gasteiger charge is -2.29. The molecule has 0 amide bonds. The van der Waals surface area contributed by atoms with Gasteiger partial charge in [0.1, 0.15) is 0 Å². The summed E-state index contributed by atoms with van der Waals surface area (Å²) in [5, 5.41) is 7.20. The molecule has 2 aliphatic carbocycles. The van der Waals surface area contributed by atoms with E-state index in [1.54, 1.807) is 0 Å². The van der Waals surface area contributed by atoms with Crippen LogP contribution in [0.15, 0.2) is 0 Å². The third kappa shape index (κ3) is 3.08. The Kier molecular flexibility index (Phi) is 4.84. The monoisotopic (exact) mass is 308 g/mol. The second-order valence-corrected chi connectivity index (χ2v) is 8.29. The Morgan fingerprint density at radius 3 is 1.23 bits per heavy atom. The first-order valence-electron chi connectivity index (χ1n) is 9.33. The Balaban J connectivity index is 0.000000131. The van der Waals surface area contributed by atoms with Gasteiger partial charge in [0.05, 0.1) is 0 Å². The van der Waals surface area contributed by atoms with Crippen LogP contribution in [-0.2, 0) is 0 Å². The lowest BCUT2D eigenvalue weighted by molar-refractivity contribution is 0.217. The van der Waals surface area contributed by atoms with E-state index in [-0.39, 0.29) is 0 Å². The number of nitrogens with zero attached hydrogens (tertiary/aromatic N) is 2. The molecule has 2 atom stereocenters. The number of hydrogen-bond donors (Lipinski definition) is 2. The molecule has 4 nitrogen and oxygen atoms in total. The van der Waals surface area contributed by atoms with Crippen molar-refractivity contribution in [1.29, 1.82) is 0 Å². The molecule has 0 aromatic carbocycles. The summed E-state index contributed by atoms with van der Waals surface area (Å²) in [7, 11) is 8.86. The van der Waals surface area contributed by atoms with Crippen LogP contribution in [0.4, 0.5) is 0 Å². The van der Waals surface area contributed by atoms with Crippen molar-refractivity contribution in [1.82, 2.24) is 20.4 Å². The van der Waals surface area contributed by atoms with Gasteiger partial charge < -0.3 is 20.4 Å². The molecule has 4 fully saturated rings. The summed E-state index contributed by atoms with van der Waals surface area (Å²) in [5.74, 6) is 0. The van der Waals surface area contributed by atoms with Crippen LogP contribution in [0.25, 0.3) is 0 Å². The first-order chi connectivity index (χ1) is 10.5. The molecule has 2 N–H and O–H groups in total. The molecule has 4 aliphatic rings. The van der Waals surface area contributed by atoms with Gasteiger partial charge in [-0.15, -0.1) is 0 Å². The minimum absolute atomic E-state index is 0.552. The van der Waals surface area contributed by atoms with Gasteiger partial charge in [0.25, 0.3) is 0 Å². The number of rotatable bonds is 4. The van der Waals surface area contributed by atoms with Gasteiger partial charge in [0, 0.05) is 23.2 Å². The Morgan fingerprint density at radius 2 is 1.05 bits per heavy atom. The molecule has 0 aromatic heterocycles. The van der Waals surface area contributed by atoms with Crippen molar-refractivity contribution in [3.05, 3.63) is 0 Å². The molecule has 4 heteroatoms. The van der Waals surface area contributed by atoms with Crippen molar-refractivity contribution in [2.75, 3.05) is 41.3 Å². The van der Waals surface area contributed by atoms with Crippen LogP contribution in [0, 0.1) is 0 Å². The van der Waals surface area contributed by atoms with Gasteiger partial charge in [-0.25, -0.2) is 0 Å². The largest absolute Gasteiger partial charge is 0.312 e. The highest BCUT2D eigenvalue weighted by atomic mass is 15.2. The molecule has 2 saturated heterocycles. The summed E-state index contributed by atoms with van der Waals surface area (Å²) in [4.78, 5) is 4.83. The van der Waals surface area contributed by atoms with Gasteiger partial charge in [0.15, 0.2) is 0 Å². The fourth-order valence-electron chi connectivity index (χ4n) is 4.76. The Labute approximate surface area is 137 Å². The molecular weight excluding hydrogens is 272 g/mol. The lowest BCUT2D eigenvalue weighted by atomic mass is 10.0. The minimum atomic E-state index is 0.552. The molecular formula is C18H36N4. The van der Waals surface area contributed by atoms with Gasteiger partial charge in [-0.3, -0.25) is 0 Å². The van der Waals surface area contributed by atoms with E-state index in [4.69, 9.17) is 0 Å². The maximum absolute atomic E-state index is 3.60. The van der Waals surface area contributed by atoms with Crippen molar-refractivity contribution in [2.45, 2.75) is 74.5 Å². The zero-order chi connectivity index (χ0) is 15.8. The zero-order valence-electron chi connectivity index (χ0n) is 15.1. The second-order valence-electron chi connectivity index (χ2n) is 8.29. The molecule has 128 valence electrons. The van der Waals surface area contributed by atoms with E-state index >= 15 is 0 Å². The SMILES string of the molecule is CN(C)C1([C@@H]2CCCN2)CC1.CN(C)C1([C@@H]2CCCN2)CC1. The Hall–Kier alpha value is -0.160. The highest BCUT2D eigenvalue weighted by molar-refractivity contribution is 5.12. The molecule has 0 bridgehead atoms. The molecule has 22 heavy (non-hydrogen) atoms. The molecule has 0 radical (unpaired) electrons. The molecule has 2 aliphatic heterocycles. The van der Waals surface area contributed by atoms with Crippen molar-refractivity contribution in [3.63, 3.8) is 0 Å². The Morgan fingerprint density at radius 1 is 0.682 bits per heavy atom. The van der Waals surface area contributed by atoms with Gasteiger partial charge in [-0.2, -0.15) is 0 Å². The van der Waals surface area contributed by atoms with E-state index < -0.39 is 0 Å². The van der Waals surface area contributed by atoms with Crippen LogP contribution in [0.5, 0.6) is 0 Å². The predicted octanol–water partition coefficient (Wildman–Crippen LogP) is 1.67.